The molecule has 0 aromatic heterocycles. The third kappa shape index (κ3) is 5.75. The molecule has 1 aliphatic rings. The molecule has 2 atom stereocenters. The molecular formula is C12H24N2O2S. The van der Waals surface area contributed by atoms with Gasteiger partial charge in [0.2, 0.25) is 5.91 Å². The summed E-state index contributed by atoms with van der Waals surface area (Å²) >= 11 is 1.61. The van der Waals surface area contributed by atoms with Gasteiger partial charge in [0.1, 0.15) is 0 Å². The maximum atomic E-state index is 12.0. The number of morpholine rings is 1. The first-order valence-corrected chi connectivity index (χ1v) is 7.23. The molecule has 0 aromatic carbocycles. The van der Waals surface area contributed by atoms with Crippen LogP contribution in [0, 0.1) is 0 Å². The molecule has 2 unspecified atom stereocenters. The number of hydrogen-bond donors (Lipinski definition) is 1. The average molecular weight is 260 g/mol. The highest BCUT2D eigenvalue weighted by molar-refractivity contribution is 8.00. The Morgan fingerprint density at radius 3 is 2.41 bits per heavy atom. The molecule has 1 aliphatic heterocycles. The van der Waals surface area contributed by atoms with E-state index in [2.05, 4.69) is 0 Å². The van der Waals surface area contributed by atoms with Gasteiger partial charge in [-0.05, 0) is 27.7 Å². The fraction of sp³-hybridized carbons (Fsp3) is 0.917. The Morgan fingerprint density at radius 2 is 1.94 bits per heavy atom. The molecule has 1 fully saturated rings. The number of amides is 1. The molecule has 2 N–H and O–H groups in total. The lowest BCUT2D eigenvalue weighted by Crippen LogP contribution is -2.49. The number of ether oxygens (including phenoxy) is 1. The summed E-state index contributed by atoms with van der Waals surface area (Å²) in [5.41, 5.74) is 5.67. The summed E-state index contributed by atoms with van der Waals surface area (Å²) in [7, 11) is 0. The molecule has 4 nitrogen and oxygen atoms in total. The SMILES string of the molecule is CC1CN(C(=O)CSCC(C)(C)N)CC(C)O1. The topological polar surface area (TPSA) is 55.6 Å². The lowest BCUT2D eigenvalue weighted by atomic mass is 10.1. The van der Waals surface area contributed by atoms with Crippen molar-refractivity contribution in [1.82, 2.24) is 4.90 Å². The Labute approximate surface area is 108 Å². The number of nitrogens with two attached hydrogens (primary N) is 1. The second-order valence-corrected chi connectivity index (χ2v) is 6.52. The van der Waals surface area contributed by atoms with Gasteiger partial charge in [0.15, 0.2) is 0 Å². The number of carbonyl (C=O) groups is 1. The average Bonchev–Trinajstić information content (AvgIpc) is 2.13. The zero-order valence-corrected chi connectivity index (χ0v) is 12.0. The third-order valence-electron chi connectivity index (χ3n) is 2.47. The zero-order chi connectivity index (χ0) is 13.1. The van der Waals surface area contributed by atoms with Gasteiger partial charge in [0.25, 0.3) is 0 Å². The van der Waals surface area contributed by atoms with E-state index in [1.165, 1.54) is 0 Å². The van der Waals surface area contributed by atoms with Gasteiger partial charge < -0.3 is 15.4 Å². The van der Waals surface area contributed by atoms with Gasteiger partial charge in [-0.2, -0.15) is 11.8 Å². The second kappa shape index (κ2) is 6.07. The minimum atomic E-state index is -0.212. The normalized spacial score (nSPS) is 26.1. The summed E-state index contributed by atoms with van der Waals surface area (Å²) in [5, 5.41) is 0. The van der Waals surface area contributed by atoms with Crippen LogP contribution in [0.3, 0.4) is 0 Å². The number of hydrogen-bond acceptors (Lipinski definition) is 4. The van der Waals surface area contributed by atoms with Crippen LogP contribution in [-0.4, -0.2) is 53.1 Å². The quantitative estimate of drug-likeness (QED) is 0.822. The van der Waals surface area contributed by atoms with E-state index in [1.807, 2.05) is 32.6 Å². The van der Waals surface area contributed by atoms with Crippen molar-refractivity contribution < 1.29 is 9.53 Å². The molecule has 0 bridgehead atoms. The maximum Gasteiger partial charge on any atom is 0.232 e. The van der Waals surface area contributed by atoms with Crippen molar-refractivity contribution >= 4 is 17.7 Å². The van der Waals surface area contributed by atoms with E-state index in [0.717, 1.165) is 5.75 Å². The van der Waals surface area contributed by atoms with Crippen molar-refractivity contribution in [3.05, 3.63) is 0 Å². The molecule has 0 saturated carbocycles. The van der Waals surface area contributed by atoms with E-state index < -0.39 is 0 Å². The van der Waals surface area contributed by atoms with Crippen LogP contribution in [0.25, 0.3) is 0 Å². The monoisotopic (exact) mass is 260 g/mol. The van der Waals surface area contributed by atoms with Gasteiger partial charge >= 0.3 is 0 Å². The Morgan fingerprint density at radius 1 is 1.41 bits per heavy atom. The molecule has 17 heavy (non-hydrogen) atoms. The van der Waals surface area contributed by atoms with Gasteiger partial charge in [-0.3, -0.25) is 4.79 Å². The van der Waals surface area contributed by atoms with Crippen molar-refractivity contribution in [2.45, 2.75) is 45.4 Å². The van der Waals surface area contributed by atoms with Crippen molar-refractivity contribution in [1.29, 1.82) is 0 Å². The maximum absolute atomic E-state index is 12.0. The summed E-state index contributed by atoms with van der Waals surface area (Å²) in [6, 6.07) is 0. The molecule has 0 spiro atoms. The Bertz CT molecular complexity index is 256. The summed E-state index contributed by atoms with van der Waals surface area (Å²) < 4.78 is 5.60. The van der Waals surface area contributed by atoms with Crippen molar-refractivity contribution in [3.63, 3.8) is 0 Å². The first-order valence-electron chi connectivity index (χ1n) is 6.08. The van der Waals surface area contributed by atoms with Crippen LogP contribution >= 0.6 is 11.8 Å². The van der Waals surface area contributed by atoms with E-state index in [4.69, 9.17) is 10.5 Å². The molecule has 0 aliphatic carbocycles. The third-order valence-corrected chi connectivity index (χ3v) is 3.87. The van der Waals surface area contributed by atoms with Gasteiger partial charge in [0.05, 0.1) is 18.0 Å². The highest BCUT2D eigenvalue weighted by Gasteiger charge is 2.25. The van der Waals surface area contributed by atoms with Crippen molar-refractivity contribution in [2.75, 3.05) is 24.6 Å². The van der Waals surface area contributed by atoms with E-state index in [9.17, 15) is 4.79 Å². The van der Waals surface area contributed by atoms with Crippen LogP contribution in [-0.2, 0) is 9.53 Å². The smallest absolute Gasteiger partial charge is 0.232 e. The van der Waals surface area contributed by atoms with Crippen LogP contribution in [0.15, 0.2) is 0 Å². The standard InChI is InChI=1S/C12H24N2O2S/c1-9-5-14(6-10(2)16-9)11(15)7-17-8-12(3,4)13/h9-10H,5-8,13H2,1-4H3. The molecular weight excluding hydrogens is 236 g/mol. The fourth-order valence-corrected chi connectivity index (χ4v) is 2.86. The predicted molar refractivity (Wildman–Crippen MR) is 72.2 cm³/mol. The first kappa shape index (κ1) is 14.8. The highest BCUT2D eigenvalue weighted by Crippen LogP contribution is 2.14. The van der Waals surface area contributed by atoms with Crippen molar-refractivity contribution in [3.8, 4) is 0 Å². The number of nitrogens with zero attached hydrogens (tertiary/aromatic N) is 1. The summed E-state index contributed by atoms with van der Waals surface area (Å²) in [4.78, 5) is 13.9. The van der Waals surface area contributed by atoms with E-state index >= 15 is 0 Å². The largest absolute Gasteiger partial charge is 0.372 e. The molecule has 0 aromatic rings. The molecule has 1 heterocycles. The predicted octanol–water partition coefficient (Wildman–Crippen LogP) is 1.09. The number of thioether (sulfide) groups is 1. The molecule has 1 saturated heterocycles. The van der Waals surface area contributed by atoms with Crippen LogP contribution in [0.2, 0.25) is 0 Å². The van der Waals surface area contributed by atoms with Crippen LogP contribution < -0.4 is 5.73 Å². The lowest BCUT2D eigenvalue weighted by Gasteiger charge is -2.35. The van der Waals surface area contributed by atoms with E-state index in [-0.39, 0.29) is 23.7 Å². The first-order chi connectivity index (χ1) is 7.78. The zero-order valence-electron chi connectivity index (χ0n) is 11.2. The second-order valence-electron chi connectivity index (χ2n) is 5.54. The van der Waals surface area contributed by atoms with Gasteiger partial charge in [-0.1, -0.05) is 0 Å². The lowest BCUT2D eigenvalue weighted by molar-refractivity contribution is -0.140. The fourth-order valence-electron chi connectivity index (χ4n) is 1.87. The number of carbonyl (C=O) groups excluding carboxylic acids is 1. The minimum Gasteiger partial charge on any atom is -0.372 e. The van der Waals surface area contributed by atoms with Crippen LogP contribution in [0.1, 0.15) is 27.7 Å². The molecule has 1 amide bonds. The molecule has 0 radical (unpaired) electrons. The highest BCUT2D eigenvalue weighted by atomic mass is 32.2. The summed E-state index contributed by atoms with van der Waals surface area (Å²) in [6.07, 6.45) is 0.275. The summed E-state index contributed by atoms with van der Waals surface area (Å²) in [6.45, 7) is 9.37. The Hall–Kier alpha value is -0.260. The Balaban J connectivity index is 2.32. The number of rotatable bonds is 4. The molecule has 1 rings (SSSR count). The van der Waals surface area contributed by atoms with Crippen molar-refractivity contribution in [2.24, 2.45) is 5.73 Å². The molecule has 100 valence electrons. The molecule has 5 heteroatoms. The van der Waals surface area contributed by atoms with Crippen LogP contribution in [0.4, 0.5) is 0 Å². The van der Waals surface area contributed by atoms with E-state index in [1.54, 1.807) is 11.8 Å². The summed E-state index contributed by atoms with van der Waals surface area (Å²) in [5.74, 6) is 1.51. The Kier molecular flexibility index (Phi) is 5.28. The van der Waals surface area contributed by atoms with E-state index in [0.29, 0.717) is 18.8 Å². The van der Waals surface area contributed by atoms with Gasteiger partial charge in [0, 0.05) is 24.4 Å². The minimum absolute atomic E-state index is 0.138. The van der Waals surface area contributed by atoms with Crippen LogP contribution in [0.5, 0.6) is 0 Å². The van der Waals surface area contributed by atoms with Gasteiger partial charge in [-0.15, -0.1) is 0 Å². The van der Waals surface area contributed by atoms with Gasteiger partial charge in [-0.25, -0.2) is 0 Å².